The first kappa shape index (κ1) is 19.5. The Bertz CT molecular complexity index is 1040. The number of methoxy groups -OCH3 is 1. The monoisotopic (exact) mass is 433 g/mol. The quantitative estimate of drug-likeness (QED) is 0.434. The number of carbonyl (C=O) groups excluding carboxylic acids is 1. The van der Waals surface area contributed by atoms with E-state index < -0.39 is 0 Å². The van der Waals surface area contributed by atoms with Gasteiger partial charge in [0.2, 0.25) is 5.91 Å². The number of benzene rings is 1. The molecule has 0 saturated carbocycles. The molecule has 28 heavy (non-hydrogen) atoms. The molecule has 1 N–H and O–H groups in total. The number of carbonyl (C=O) groups is 1. The number of hydrogen-bond acceptors (Lipinski definition) is 6. The molecule has 2 aromatic heterocycles. The van der Waals surface area contributed by atoms with Gasteiger partial charge in [0, 0.05) is 15.3 Å². The van der Waals surface area contributed by atoms with Gasteiger partial charge in [-0.1, -0.05) is 23.4 Å². The number of thioether (sulfide) groups is 1. The van der Waals surface area contributed by atoms with Crippen molar-refractivity contribution in [2.75, 3.05) is 12.4 Å². The van der Waals surface area contributed by atoms with Gasteiger partial charge >= 0.3 is 0 Å². The van der Waals surface area contributed by atoms with Gasteiger partial charge in [0.1, 0.15) is 21.9 Å². The fraction of sp³-hybridized carbons (Fsp3) is 0.350. The number of nitrogens with zero attached hydrogens (tertiary/aromatic N) is 2. The summed E-state index contributed by atoms with van der Waals surface area (Å²) in [7, 11) is 1.56. The number of ether oxygens (including phenoxy) is 1. The molecule has 1 atom stereocenters. The lowest BCUT2D eigenvalue weighted by atomic mass is 9.97. The molecule has 2 heterocycles. The first-order valence-electron chi connectivity index (χ1n) is 9.13. The van der Waals surface area contributed by atoms with E-state index in [4.69, 9.17) is 16.3 Å². The van der Waals surface area contributed by atoms with E-state index in [1.807, 2.05) is 6.92 Å². The minimum Gasteiger partial charge on any atom is -0.495 e. The van der Waals surface area contributed by atoms with Crippen LogP contribution in [0.3, 0.4) is 0 Å². The number of aryl methyl sites for hydroxylation is 2. The number of halogens is 1. The van der Waals surface area contributed by atoms with Crippen molar-refractivity contribution in [2.24, 2.45) is 0 Å². The molecule has 5 nitrogen and oxygen atoms in total. The largest absolute Gasteiger partial charge is 0.495 e. The Morgan fingerprint density at radius 1 is 1.32 bits per heavy atom. The molecule has 0 fully saturated rings. The molecule has 4 rings (SSSR count). The Morgan fingerprint density at radius 3 is 2.96 bits per heavy atom. The number of thiophene rings is 1. The van der Waals surface area contributed by atoms with E-state index in [0.717, 1.165) is 28.1 Å². The molecular formula is C20H20ClN3O2S2. The number of fused-ring (bicyclic) bond motifs is 3. The summed E-state index contributed by atoms with van der Waals surface area (Å²) >= 11 is 9.29. The third kappa shape index (κ3) is 3.83. The van der Waals surface area contributed by atoms with Crippen molar-refractivity contribution < 1.29 is 9.53 Å². The van der Waals surface area contributed by atoms with E-state index in [1.54, 1.807) is 43.0 Å². The number of hydrogen-bond donors (Lipinski definition) is 1. The zero-order valence-electron chi connectivity index (χ0n) is 15.6. The smallest absolute Gasteiger partial charge is 0.237 e. The SMILES string of the molecule is COc1ccc(Cl)cc1NC(=O)C(C)Sc1ncnc2sc3c(c12)CCCC3. The maximum absolute atomic E-state index is 12.8. The van der Waals surface area contributed by atoms with Crippen molar-refractivity contribution in [3.05, 3.63) is 40.0 Å². The van der Waals surface area contributed by atoms with Crippen molar-refractivity contribution in [1.82, 2.24) is 9.97 Å². The van der Waals surface area contributed by atoms with Crippen molar-refractivity contribution in [1.29, 1.82) is 0 Å². The van der Waals surface area contributed by atoms with Crippen LogP contribution in [0.25, 0.3) is 10.2 Å². The first-order chi connectivity index (χ1) is 13.6. The second-order valence-electron chi connectivity index (χ2n) is 6.66. The fourth-order valence-electron chi connectivity index (χ4n) is 3.38. The summed E-state index contributed by atoms with van der Waals surface area (Å²) in [6, 6.07) is 5.15. The minimum absolute atomic E-state index is 0.124. The van der Waals surface area contributed by atoms with Crippen LogP contribution in [0.4, 0.5) is 5.69 Å². The van der Waals surface area contributed by atoms with Crippen molar-refractivity contribution in [2.45, 2.75) is 42.9 Å². The van der Waals surface area contributed by atoms with Gasteiger partial charge in [-0.05, 0) is 56.4 Å². The van der Waals surface area contributed by atoms with E-state index >= 15 is 0 Å². The van der Waals surface area contributed by atoms with E-state index in [1.165, 1.54) is 35.0 Å². The lowest BCUT2D eigenvalue weighted by Crippen LogP contribution is -2.23. The van der Waals surface area contributed by atoms with E-state index in [0.29, 0.717) is 16.5 Å². The van der Waals surface area contributed by atoms with E-state index in [9.17, 15) is 4.79 Å². The highest BCUT2D eigenvalue weighted by Gasteiger charge is 2.23. The van der Waals surface area contributed by atoms with Gasteiger partial charge in [-0.15, -0.1) is 11.3 Å². The summed E-state index contributed by atoms with van der Waals surface area (Å²) in [6.45, 7) is 1.88. The fourth-order valence-corrected chi connectivity index (χ4v) is 5.80. The Labute approximate surface area is 176 Å². The molecule has 3 aromatic rings. The molecule has 0 spiro atoms. The Hall–Kier alpha value is -1.83. The van der Waals surface area contributed by atoms with Crippen LogP contribution in [0.15, 0.2) is 29.6 Å². The van der Waals surface area contributed by atoms with Gasteiger partial charge in [0.05, 0.1) is 18.0 Å². The second kappa shape index (κ2) is 8.27. The van der Waals surface area contributed by atoms with Crippen LogP contribution < -0.4 is 10.1 Å². The third-order valence-electron chi connectivity index (χ3n) is 4.79. The van der Waals surface area contributed by atoms with Gasteiger partial charge in [-0.2, -0.15) is 0 Å². The number of anilines is 1. The summed E-state index contributed by atoms with van der Waals surface area (Å²) in [5, 5.41) is 5.14. The van der Waals surface area contributed by atoms with E-state index in [2.05, 4.69) is 15.3 Å². The Morgan fingerprint density at radius 2 is 2.14 bits per heavy atom. The molecular weight excluding hydrogens is 414 g/mol. The topological polar surface area (TPSA) is 64.1 Å². The number of aromatic nitrogens is 2. The molecule has 0 aliphatic heterocycles. The van der Waals surface area contributed by atoms with Crippen molar-refractivity contribution in [3.8, 4) is 5.75 Å². The van der Waals surface area contributed by atoms with Crippen LogP contribution in [0.2, 0.25) is 5.02 Å². The maximum Gasteiger partial charge on any atom is 0.237 e. The molecule has 146 valence electrons. The van der Waals surface area contributed by atoms with E-state index in [-0.39, 0.29) is 11.2 Å². The molecule has 1 amide bonds. The van der Waals surface area contributed by atoms with Crippen LogP contribution in [0, 0.1) is 0 Å². The maximum atomic E-state index is 12.8. The lowest BCUT2D eigenvalue weighted by Gasteiger charge is -2.15. The number of amides is 1. The summed E-state index contributed by atoms with van der Waals surface area (Å²) in [6.07, 6.45) is 6.21. The highest BCUT2D eigenvalue weighted by Crippen LogP contribution is 2.40. The highest BCUT2D eigenvalue weighted by molar-refractivity contribution is 8.00. The number of nitrogens with one attached hydrogen (secondary N) is 1. The first-order valence-corrected chi connectivity index (χ1v) is 11.2. The highest BCUT2D eigenvalue weighted by atomic mass is 35.5. The molecule has 8 heteroatoms. The molecule has 1 aliphatic carbocycles. The molecule has 0 saturated heterocycles. The van der Waals surface area contributed by atoms with Crippen LogP contribution in [-0.4, -0.2) is 28.2 Å². The second-order valence-corrected chi connectivity index (χ2v) is 9.51. The predicted molar refractivity (Wildman–Crippen MR) is 116 cm³/mol. The van der Waals surface area contributed by atoms with Gasteiger partial charge in [-0.3, -0.25) is 4.79 Å². The van der Waals surface area contributed by atoms with Gasteiger partial charge in [-0.25, -0.2) is 9.97 Å². The van der Waals surface area contributed by atoms with Crippen LogP contribution >= 0.6 is 34.7 Å². The standard InChI is InChI=1S/C20H20ClN3O2S2/c1-11(18(25)24-14-9-12(21)7-8-15(14)26-2)27-19-17-13-5-3-4-6-16(13)28-20(17)23-10-22-19/h7-11H,3-6H2,1-2H3,(H,24,25). The summed E-state index contributed by atoms with van der Waals surface area (Å²) in [5.74, 6) is 0.452. The average molecular weight is 434 g/mol. The summed E-state index contributed by atoms with van der Waals surface area (Å²) < 4.78 is 5.31. The van der Waals surface area contributed by atoms with Gasteiger partial charge in [0.25, 0.3) is 0 Å². The lowest BCUT2D eigenvalue weighted by molar-refractivity contribution is -0.115. The predicted octanol–water partition coefficient (Wildman–Crippen LogP) is 5.35. The van der Waals surface area contributed by atoms with Crippen LogP contribution in [-0.2, 0) is 17.6 Å². The van der Waals surface area contributed by atoms with Crippen molar-refractivity contribution in [3.63, 3.8) is 0 Å². The normalized spacial score (nSPS) is 14.5. The molecule has 1 aliphatic rings. The molecule has 1 unspecified atom stereocenters. The van der Waals surface area contributed by atoms with Crippen LogP contribution in [0.1, 0.15) is 30.2 Å². The summed E-state index contributed by atoms with van der Waals surface area (Å²) in [5.41, 5.74) is 1.94. The zero-order valence-corrected chi connectivity index (χ0v) is 18.0. The molecule has 0 radical (unpaired) electrons. The zero-order chi connectivity index (χ0) is 19.7. The Balaban J connectivity index is 1.57. The van der Waals surface area contributed by atoms with Gasteiger partial charge in [0.15, 0.2) is 0 Å². The molecule has 1 aromatic carbocycles. The van der Waals surface area contributed by atoms with Gasteiger partial charge < -0.3 is 10.1 Å². The van der Waals surface area contributed by atoms with Crippen LogP contribution in [0.5, 0.6) is 5.75 Å². The third-order valence-corrected chi connectivity index (χ3v) is 7.33. The van der Waals surface area contributed by atoms with Crippen molar-refractivity contribution >= 4 is 56.5 Å². The minimum atomic E-state index is -0.332. The number of rotatable bonds is 5. The molecule has 0 bridgehead atoms. The summed E-state index contributed by atoms with van der Waals surface area (Å²) in [4.78, 5) is 24.2. The average Bonchev–Trinajstić information content (AvgIpc) is 3.07. The Kier molecular flexibility index (Phi) is 5.75.